The summed E-state index contributed by atoms with van der Waals surface area (Å²) < 4.78 is 1.60. The summed E-state index contributed by atoms with van der Waals surface area (Å²) >= 11 is 1.56. The highest BCUT2D eigenvalue weighted by molar-refractivity contribution is 7.99. The van der Waals surface area contributed by atoms with E-state index in [1.54, 1.807) is 16.3 Å². The molecular formula is C15H21N3O2S. The standard InChI is InChI=1S/C15H21N3O2S/c19-13(16-7-6-11-4-2-1-3-5-11)12-10-17-15-18(14(12)20)8-9-21-15/h10-11H,1-9H2,(H,16,19). The third-order valence-electron chi connectivity index (χ3n) is 4.36. The first-order valence-electron chi connectivity index (χ1n) is 7.76. The molecule has 2 heterocycles. The Labute approximate surface area is 128 Å². The summed E-state index contributed by atoms with van der Waals surface area (Å²) in [7, 11) is 0. The van der Waals surface area contributed by atoms with Crippen molar-refractivity contribution in [2.75, 3.05) is 12.3 Å². The van der Waals surface area contributed by atoms with Gasteiger partial charge in [-0.1, -0.05) is 43.9 Å². The number of nitrogens with zero attached hydrogens (tertiary/aromatic N) is 2. The van der Waals surface area contributed by atoms with Gasteiger partial charge in [0.1, 0.15) is 5.56 Å². The van der Waals surface area contributed by atoms with Crippen LogP contribution in [0.1, 0.15) is 48.9 Å². The van der Waals surface area contributed by atoms with Crippen LogP contribution in [0.2, 0.25) is 0 Å². The second-order valence-electron chi connectivity index (χ2n) is 5.81. The third kappa shape index (κ3) is 3.31. The predicted molar refractivity (Wildman–Crippen MR) is 82.7 cm³/mol. The van der Waals surface area contributed by atoms with Crippen molar-refractivity contribution in [3.63, 3.8) is 0 Å². The van der Waals surface area contributed by atoms with E-state index in [2.05, 4.69) is 10.3 Å². The number of fused-ring (bicyclic) bond motifs is 1. The molecule has 2 aliphatic rings. The monoisotopic (exact) mass is 307 g/mol. The van der Waals surface area contributed by atoms with Gasteiger partial charge in [-0.2, -0.15) is 0 Å². The van der Waals surface area contributed by atoms with Crippen LogP contribution in [0.5, 0.6) is 0 Å². The summed E-state index contributed by atoms with van der Waals surface area (Å²) in [5, 5.41) is 3.60. The van der Waals surface area contributed by atoms with Crippen molar-refractivity contribution in [1.29, 1.82) is 0 Å². The van der Waals surface area contributed by atoms with Gasteiger partial charge in [0.25, 0.3) is 11.5 Å². The minimum Gasteiger partial charge on any atom is -0.352 e. The molecule has 0 spiro atoms. The van der Waals surface area contributed by atoms with Gasteiger partial charge in [-0.05, 0) is 12.3 Å². The van der Waals surface area contributed by atoms with Crippen molar-refractivity contribution < 1.29 is 4.79 Å². The molecule has 114 valence electrons. The SMILES string of the molecule is O=C(NCCC1CCCCC1)c1cnc2n(c1=O)CCS2. The topological polar surface area (TPSA) is 64.0 Å². The number of nitrogens with one attached hydrogen (secondary N) is 1. The van der Waals surface area contributed by atoms with Crippen molar-refractivity contribution in [3.05, 3.63) is 22.1 Å². The fraction of sp³-hybridized carbons (Fsp3) is 0.667. The van der Waals surface area contributed by atoms with Gasteiger partial charge in [-0.3, -0.25) is 14.2 Å². The summed E-state index contributed by atoms with van der Waals surface area (Å²) in [5.74, 6) is 1.31. The number of thioether (sulfide) groups is 1. The van der Waals surface area contributed by atoms with Crippen molar-refractivity contribution in [1.82, 2.24) is 14.9 Å². The van der Waals surface area contributed by atoms with E-state index in [4.69, 9.17) is 0 Å². The van der Waals surface area contributed by atoms with Crippen LogP contribution in [-0.2, 0) is 6.54 Å². The summed E-state index contributed by atoms with van der Waals surface area (Å²) in [6.45, 7) is 1.30. The number of amides is 1. The van der Waals surface area contributed by atoms with Crippen LogP contribution in [-0.4, -0.2) is 27.8 Å². The highest BCUT2D eigenvalue weighted by atomic mass is 32.2. The molecule has 1 aliphatic carbocycles. The first kappa shape index (κ1) is 14.6. The molecule has 6 heteroatoms. The van der Waals surface area contributed by atoms with E-state index in [-0.39, 0.29) is 17.0 Å². The van der Waals surface area contributed by atoms with Crippen molar-refractivity contribution in [2.24, 2.45) is 5.92 Å². The lowest BCUT2D eigenvalue weighted by Gasteiger charge is -2.21. The average Bonchev–Trinajstić information content (AvgIpc) is 2.98. The molecule has 21 heavy (non-hydrogen) atoms. The van der Waals surface area contributed by atoms with E-state index in [0.29, 0.717) is 13.1 Å². The second-order valence-corrected chi connectivity index (χ2v) is 6.87. The Morgan fingerprint density at radius 3 is 3.00 bits per heavy atom. The number of aromatic nitrogens is 2. The van der Waals surface area contributed by atoms with Crippen LogP contribution in [0.25, 0.3) is 0 Å². The number of rotatable bonds is 4. The van der Waals surface area contributed by atoms with Gasteiger partial charge in [0.05, 0.1) is 0 Å². The van der Waals surface area contributed by atoms with Crippen LogP contribution in [0.3, 0.4) is 0 Å². The van der Waals surface area contributed by atoms with Crippen LogP contribution < -0.4 is 10.9 Å². The zero-order valence-electron chi connectivity index (χ0n) is 12.1. The van der Waals surface area contributed by atoms with Gasteiger partial charge in [0, 0.05) is 25.0 Å². The highest BCUT2D eigenvalue weighted by Gasteiger charge is 2.20. The average molecular weight is 307 g/mol. The first-order valence-corrected chi connectivity index (χ1v) is 8.75. The molecule has 1 N–H and O–H groups in total. The summed E-state index contributed by atoms with van der Waals surface area (Å²) in [4.78, 5) is 28.6. The molecule has 1 amide bonds. The van der Waals surface area contributed by atoms with E-state index in [1.807, 2.05) is 0 Å². The maximum absolute atomic E-state index is 12.2. The van der Waals surface area contributed by atoms with E-state index < -0.39 is 0 Å². The van der Waals surface area contributed by atoms with Crippen LogP contribution in [0.15, 0.2) is 16.1 Å². The number of hydrogen-bond donors (Lipinski definition) is 1. The van der Waals surface area contributed by atoms with Crippen molar-refractivity contribution >= 4 is 17.7 Å². The zero-order valence-corrected chi connectivity index (χ0v) is 13.0. The number of carbonyl (C=O) groups excluding carboxylic acids is 1. The maximum atomic E-state index is 12.2. The molecule has 1 aromatic heterocycles. The Kier molecular flexibility index (Phi) is 4.63. The number of carbonyl (C=O) groups is 1. The maximum Gasteiger partial charge on any atom is 0.267 e. The zero-order chi connectivity index (χ0) is 14.7. The van der Waals surface area contributed by atoms with Crippen LogP contribution >= 0.6 is 11.8 Å². The van der Waals surface area contributed by atoms with E-state index in [9.17, 15) is 9.59 Å². The summed E-state index contributed by atoms with van der Waals surface area (Å²) in [6.07, 6.45) is 8.95. The van der Waals surface area contributed by atoms with Gasteiger partial charge in [-0.15, -0.1) is 0 Å². The van der Waals surface area contributed by atoms with Gasteiger partial charge in [0.15, 0.2) is 5.16 Å². The smallest absolute Gasteiger partial charge is 0.267 e. The molecule has 0 saturated heterocycles. The molecule has 0 radical (unpaired) electrons. The second kappa shape index (κ2) is 6.64. The fourth-order valence-corrected chi connectivity index (χ4v) is 4.05. The molecule has 0 unspecified atom stereocenters. The largest absolute Gasteiger partial charge is 0.352 e. The lowest BCUT2D eigenvalue weighted by molar-refractivity contribution is 0.0947. The third-order valence-corrected chi connectivity index (χ3v) is 5.33. The molecule has 0 aromatic carbocycles. The fourth-order valence-electron chi connectivity index (χ4n) is 3.13. The molecular weight excluding hydrogens is 286 g/mol. The molecule has 1 saturated carbocycles. The van der Waals surface area contributed by atoms with E-state index >= 15 is 0 Å². The van der Waals surface area contributed by atoms with Crippen molar-refractivity contribution in [3.8, 4) is 0 Å². The molecule has 1 aliphatic heterocycles. The number of hydrogen-bond acceptors (Lipinski definition) is 4. The molecule has 0 bridgehead atoms. The minimum absolute atomic E-state index is 0.171. The minimum atomic E-state index is -0.282. The van der Waals surface area contributed by atoms with Crippen LogP contribution in [0, 0.1) is 5.92 Å². The Bertz CT molecular complexity index is 579. The molecule has 1 aromatic rings. The molecule has 5 nitrogen and oxygen atoms in total. The highest BCUT2D eigenvalue weighted by Crippen LogP contribution is 2.25. The molecule has 1 fully saturated rings. The Morgan fingerprint density at radius 2 is 2.19 bits per heavy atom. The Hall–Kier alpha value is -1.30. The van der Waals surface area contributed by atoms with Gasteiger partial charge >= 0.3 is 0 Å². The van der Waals surface area contributed by atoms with E-state index in [1.165, 1.54) is 38.3 Å². The van der Waals surface area contributed by atoms with Crippen molar-refractivity contribution in [2.45, 2.75) is 50.2 Å². The first-order chi connectivity index (χ1) is 10.3. The predicted octanol–water partition coefficient (Wildman–Crippen LogP) is 2.05. The molecule has 3 rings (SSSR count). The normalized spacial score (nSPS) is 18.5. The quantitative estimate of drug-likeness (QED) is 0.865. The Morgan fingerprint density at radius 1 is 1.38 bits per heavy atom. The Balaban J connectivity index is 1.57. The summed E-state index contributed by atoms with van der Waals surface area (Å²) in [6, 6.07) is 0. The van der Waals surface area contributed by atoms with Gasteiger partial charge in [-0.25, -0.2) is 4.98 Å². The van der Waals surface area contributed by atoms with Gasteiger partial charge < -0.3 is 5.32 Å². The van der Waals surface area contributed by atoms with Gasteiger partial charge in [0.2, 0.25) is 0 Å². The molecule has 0 atom stereocenters. The lowest BCUT2D eigenvalue weighted by atomic mass is 9.87. The van der Waals surface area contributed by atoms with Crippen LogP contribution in [0.4, 0.5) is 0 Å². The lowest BCUT2D eigenvalue weighted by Crippen LogP contribution is -2.34. The summed E-state index contributed by atoms with van der Waals surface area (Å²) in [5.41, 5.74) is -0.0370. The van der Waals surface area contributed by atoms with E-state index in [0.717, 1.165) is 23.2 Å².